The molecule has 0 saturated carbocycles. The predicted octanol–water partition coefficient (Wildman–Crippen LogP) is 2.73. The van der Waals surface area contributed by atoms with Crippen molar-refractivity contribution in [2.24, 2.45) is 14.1 Å². The SMILES string of the molecule is CCNc1cc(-c2c(-c3nncn3C)cnn2C)cc(CNC(=O)OC(C)(C)C)n1. The highest BCUT2D eigenvalue weighted by Crippen LogP contribution is 2.31. The average molecular weight is 412 g/mol. The molecule has 3 aromatic rings. The Morgan fingerprint density at radius 3 is 2.63 bits per heavy atom. The first-order valence-electron chi connectivity index (χ1n) is 9.76. The average Bonchev–Trinajstić information content (AvgIpc) is 3.24. The van der Waals surface area contributed by atoms with Crippen LogP contribution < -0.4 is 10.6 Å². The fourth-order valence-corrected chi connectivity index (χ4v) is 3.03. The number of pyridine rings is 1. The first kappa shape index (κ1) is 21.3. The molecule has 3 aromatic heterocycles. The Morgan fingerprint density at radius 1 is 1.23 bits per heavy atom. The predicted molar refractivity (Wildman–Crippen MR) is 114 cm³/mol. The smallest absolute Gasteiger partial charge is 0.407 e. The van der Waals surface area contributed by atoms with E-state index in [0.717, 1.165) is 23.4 Å². The minimum atomic E-state index is -0.562. The van der Waals surface area contributed by atoms with Gasteiger partial charge in [0, 0.05) is 26.2 Å². The van der Waals surface area contributed by atoms with Gasteiger partial charge in [-0.15, -0.1) is 10.2 Å². The van der Waals surface area contributed by atoms with Crippen molar-refractivity contribution < 1.29 is 9.53 Å². The van der Waals surface area contributed by atoms with Gasteiger partial charge in [0.1, 0.15) is 17.7 Å². The van der Waals surface area contributed by atoms with E-state index in [-0.39, 0.29) is 6.54 Å². The minimum Gasteiger partial charge on any atom is -0.444 e. The summed E-state index contributed by atoms with van der Waals surface area (Å²) in [5.41, 5.74) is 2.77. The number of hydrogen-bond donors (Lipinski definition) is 2. The second kappa shape index (κ2) is 8.52. The van der Waals surface area contributed by atoms with Gasteiger partial charge in [-0.25, -0.2) is 9.78 Å². The lowest BCUT2D eigenvalue weighted by Crippen LogP contribution is -2.32. The Morgan fingerprint density at radius 2 is 2.00 bits per heavy atom. The fraction of sp³-hybridized carbons (Fsp3) is 0.450. The van der Waals surface area contributed by atoms with E-state index in [1.807, 2.05) is 58.5 Å². The molecule has 30 heavy (non-hydrogen) atoms. The molecular weight excluding hydrogens is 384 g/mol. The molecule has 0 unspecified atom stereocenters. The summed E-state index contributed by atoms with van der Waals surface area (Å²) in [6.07, 6.45) is 2.93. The summed E-state index contributed by atoms with van der Waals surface area (Å²) >= 11 is 0. The molecule has 3 rings (SSSR count). The van der Waals surface area contributed by atoms with Crippen LogP contribution in [-0.2, 0) is 25.4 Å². The van der Waals surface area contributed by atoms with Crippen molar-refractivity contribution in [2.75, 3.05) is 11.9 Å². The fourth-order valence-electron chi connectivity index (χ4n) is 3.03. The molecule has 2 N–H and O–H groups in total. The molecule has 3 heterocycles. The highest BCUT2D eigenvalue weighted by molar-refractivity contribution is 5.79. The van der Waals surface area contributed by atoms with E-state index in [1.165, 1.54) is 0 Å². The van der Waals surface area contributed by atoms with Crippen LogP contribution in [0.2, 0.25) is 0 Å². The molecule has 1 amide bonds. The Hall–Kier alpha value is -3.43. The standard InChI is InChI=1S/C20H28N8O2/c1-7-21-16-9-13(8-14(25-16)10-22-19(29)30-20(2,3)4)17-15(11-24-28(17)6)18-26-23-12-27(18)5/h8-9,11-12H,7,10H2,1-6H3,(H,21,25)(H,22,29). The second-order valence-corrected chi connectivity index (χ2v) is 7.91. The van der Waals surface area contributed by atoms with E-state index >= 15 is 0 Å². The van der Waals surface area contributed by atoms with Gasteiger partial charge in [0.15, 0.2) is 5.82 Å². The third-order valence-corrected chi connectivity index (χ3v) is 4.21. The van der Waals surface area contributed by atoms with E-state index in [0.29, 0.717) is 17.3 Å². The van der Waals surface area contributed by atoms with Gasteiger partial charge < -0.3 is 19.9 Å². The van der Waals surface area contributed by atoms with Gasteiger partial charge in [-0.05, 0) is 39.8 Å². The summed E-state index contributed by atoms with van der Waals surface area (Å²) in [6.45, 7) is 8.43. The third-order valence-electron chi connectivity index (χ3n) is 4.21. The van der Waals surface area contributed by atoms with Crippen molar-refractivity contribution in [3.05, 3.63) is 30.4 Å². The molecule has 0 atom stereocenters. The topological polar surface area (TPSA) is 112 Å². The summed E-state index contributed by atoms with van der Waals surface area (Å²) < 4.78 is 8.95. The number of alkyl carbamates (subject to hydrolysis) is 1. The number of aryl methyl sites for hydroxylation is 2. The van der Waals surface area contributed by atoms with Crippen LogP contribution >= 0.6 is 0 Å². The monoisotopic (exact) mass is 412 g/mol. The molecule has 0 saturated heterocycles. The van der Waals surface area contributed by atoms with Crippen molar-refractivity contribution in [1.82, 2.24) is 34.8 Å². The molecule has 0 aliphatic heterocycles. The Labute approximate surface area is 175 Å². The zero-order valence-corrected chi connectivity index (χ0v) is 18.2. The maximum atomic E-state index is 12.0. The number of nitrogens with zero attached hydrogens (tertiary/aromatic N) is 6. The van der Waals surface area contributed by atoms with Gasteiger partial charge in [0.25, 0.3) is 0 Å². The maximum absolute atomic E-state index is 12.0. The van der Waals surface area contributed by atoms with E-state index in [4.69, 9.17) is 4.74 Å². The lowest BCUT2D eigenvalue weighted by Gasteiger charge is -2.19. The summed E-state index contributed by atoms with van der Waals surface area (Å²) in [5.74, 6) is 1.43. The van der Waals surface area contributed by atoms with E-state index < -0.39 is 11.7 Å². The number of anilines is 1. The molecule has 0 aliphatic carbocycles. The second-order valence-electron chi connectivity index (χ2n) is 7.91. The van der Waals surface area contributed by atoms with Crippen LogP contribution in [0.5, 0.6) is 0 Å². The normalized spacial score (nSPS) is 11.4. The quantitative estimate of drug-likeness (QED) is 0.640. The molecule has 0 aliphatic rings. The Kier molecular flexibility index (Phi) is 6.04. The lowest BCUT2D eigenvalue weighted by atomic mass is 10.1. The van der Waals surface area contributed by atoms with Crippen LogP contribution in [0.4, 0.5) is 10.6 Å². The number of aromatic nitrogens is 6. The van der Waals surface area contributed by atoms with Crippen molar-refractivity contribution >= 4 is 11.9 Å². The number of carbonyl (C=O) groups is 1. The molecule has 0 spiro atoms. The van der Waals surface area contributed by atoms with Gasteiger partial charge in [0.2, 0.25) is 0 Å². The van der Waals surface area contributed by atoms with Crippen LogP contribution in [-0.4, -0.2) is 47.8 Å². The molecule has 10 nitrogen and oxygen atoms in total. The zero-order valence-electron chi connectivity index (χ0n) is 18.2. The highest BCUT2D eigenvalue weighted by atomic mass is 16.6. The Balaban J connectivity index is 1.95. The van der Waals surface area contributed by atoms with Gasteiger partial charge in [0.05, 0.1) is 29.7 Å². The molecule has 0 aromatic carbocycles. The molecule has 10 heteroatoms. The van der Waals surface area contributed by atoms with Crippen LogP contribution in [0.15, 0.2) is 24.7 Å². The van der Waals surface area contributed by atoms with Crippen molar-refractivity contribution in [3.63, 3.8) is 0 Å². The molecule has 0 radical (unpaired) electrons. The largest absolute Gasteiger partial charge is 0.444 e. The number of carbonyl (C=O) groups excluding carboxylic acids is 1. The molecular formula is C20H28N8O2. The zero-order chi connectivity index (χ0) is 21.9. The van der Waals surface area contributed by atoms with Crippen LogP contribution in [0.25, 0.3) is 22.6 Å². The van der Waals surface area contributed by atoms with E-state index in [9.17, 15) is 4.79 Å². The lowest BCUT2D eigenvalue weighted by molar-refractivity contribution is 0.0523. The number of hydrogen-bond acceptors (Lipinski definition) is 7. The Bertz CT molecular complexity index is 1030. The van der Waals surface area contributed by atoms with Gasteiger partial charge >= 0.3 is 6.09 Å². The molecule has 0 fully saturated rings. The van der Waals surface area contributed by atoms with Gasteiger partial charge in [-0.2, -0.15) is 5.10 Å². The van der Waals surface area contributed by atoms with Crippen LogP contribution in [0.3, 0.4) is 0 Å². The number of amides is 1. The summed E-state index contributed by atoms with van der Waals surface area (Å²) in [4.78, 5) is 16.6. The molecule has 160 valence electrons. The number of ether oxygens (including phenoxy) is 1. The minimum absolute atomic E-state index is 0.234. The van der Waals surface area contributed by atoms with Gasteiger partial charge in [-0.3, -0.25) is 4.68 Å². The van der Waals surface area contributed by atoms with Crippen molar-refractivity contribution in [2.45, 2.75) is 39.8 Å². The van der Waals surface area contributed by atoms with Crippen molar-refractivity contribution in [1.29, 1.82) is 0 Å². The van der Waals surface area contributed by atoms with E-state index in [1.54, 1.807) is 17.2 Å². The number of nitrogens with one attached hydrogen (secondary N) is 2. The van der Waals surface area contributed by atoms with Gasteiger partial charge in [-0.1, -0.05) is 0 Å². The summed E-state index contributed by atoms with van der Waals surface area (Å²) in [7, 11) is 3.76. The molecule has 0 bridgehead atoms. The van der Waals surface area contributed by atoms with Crippen LogP contribution in [0, 0.1) is 0 Å². The first-order valence-corrected chi connectivity index (χ1v) is 9.76. The van der Waals surface area contributed by atoms with Crippen molar-refractivity contribution in [3.8, 4) is 22.6 Å². The van der Waals surface area contributed by atoms with E-state index in [2.05, 4.69) is 30.9 Å². The first-order chi connectivity index (χ1) is 14.2. The highest BCUT2D eigenvalue weighted by Gasteiger charge is 2.19. The van der Waals surface area contributed by atoms with Crippen LogP contribution in [0.1, 0.15) is 33.4 Å². The summed E-state index contributed by atoms with van der Waals surface area (Å²) in [6, 6.07) is 3.88. The maximum Gasteiger partial charge on any atom is 0.407 e. The number of rotatable bonds is 6. The summed E-state index contributed by atoms with van der Waals surface area (Å²) in [5, 5.41) is 18.6. The third kappa shape index (κ3) is 4.94.